The summed E-state index contributed by atoms with van der Waals surface area (Å²) in [4.78, 5) is 17.6. The Morgan fingerprint density at radius 3 is 2.51 bits per heavy atom. The van der Waals surface area contributed by atoms with E-state index in [1.807, 2.05) is 26.2 Å². The number of unbranched alkanes of at least 4 members (excludes halogenated alkanes) is 2. The zero-order chi connectivity index (χ0) is 27.9. The summed E-state index contributed by atoms with van der Waals surface area (Å²) in [5.41, 5.74) is 8.92. The molecule has 2 aliphatic carbocycles. The number of benzene rings is 1. The van der Waals surface area contributed by atoms with E-state index in [0.717, 1.165) is 63.5 Å². The Hall–Kier alpha value is -3.14. The number of allylic oxidation sites excluding steroid dienone is 4. The average molecular weight is 528 g/mol. The number of hydrogen-bond donors (Lipinski definition) is 2. The van der Waals surface area contributed by atoms with Gasteiger partial charge in [0.1, 0.15) is 0 Å². The van der Waals surface area contributed by atoms with Crippen molar-refractivity contribution in [2.45, 2.75) is 104 Å². The first-order chi connectivity index (χ1) is 19.2. The second-order valence-electron chi connectivity index (χ2n) is 10.5. The van der Waals surface area contributed by atoms with E-state index in [-0.39, 0.29) is 11.8 Å². The normalized spacial score (nSPS) is 15.6. The number of hydrogen-bond acceptors (Lipinski definition) is 3. The van der Waals surface area contributed by atoms with Crippen LogP contribution in [-0.2, 0) is 11.3 Å². The summed E-state index contributed by atoms with van der Waals surface area (Å²) in [5, 5.41) is 6.95. The molecular weight excluding hydrogens is 478 g/mol. The molecule has 4 nitrogen and oxygen atoms in total. The second kappa shape index (κ2) is 16.7. The molecule has 0 bridgehead atoms. The van der Waals surface area contributed by atoms with Crippen LogP contribution >= 0.6 is 0 Å². The fraction of sp³-hybridized carbons (Fsp3) is 0.486. The summed E-state index contributed by atoms with van der Waals surface area (Å²) < 4.78 is 0. The molecule has 1 aromatic carbocycles. The lowest BCUT2D eigenvalue weighted by Crippen LogP contribution is -2.31. The minimum atomic E-state index is -0.0945. The quantitative estimate of drug-likeness (QED) is 0.272. The van der Waals surface area contributed by atoms with Crippen LogP contribution in [-0.4, -0.2) is 17.4 Å². The topological polar surface area (TPSA) is 54.0 Å². The standard InChI is InChI=1S/C33H43N3O.C2H6/c1-3-4-6-13-29(33(37)36-23-26-11-7-5-8-12-26)28-18-16-27(17-19-28)22-35-32-15-10-9-14-30(32)31-24-34-21-20-25(31)2;1-2/h7,11-12,16-21,24,29,35H,3-6,8-10,13-15,22-23H2,1-2H3,(H,36,37);1-2H3. The van der Waals surface area contributed by atoms with Gasteiger partial charge in [-0.25, -0.2) is 0 Å². The van der Waals surface area contributed by atoms with Gasteiger partial charge in [-0.2, -0.15) is 0 Å². The van der Waals surface area contributed by atoms with Crippen molar-refractivity contribution < 1.29 is 4.79 Å². The fourth-order valence-electron chi connectivity index (χ4n) is 5.41. The molecule has 0 fully saturated rings. The Balaban J connectivity index is 0.00000205. The molecule has 1 unspecified atom stereocenters. The van der Waals surface area contributed by atoms with Crippen molar-refractivity contribution in [1.29, 1.82) is 0 Å². The van der Waals surface area contributed by atoms with E-state index in [4.69, 9.17) is 0 Å². The van der Waals surface area contributed by atoms with E-state index in [0.29, 0.717) is 6.54 Å². The number of carbonyl (C=O) groups is 1. The van der Waals surface area contributed by atoms with Crippen molar-refractivity contribution in [3.63, 3.8) is 0 Å². The van der Waals surface area contributed by atoms with Crippen LogP contribution in [0, 0.1) is 6.92 Å². The van der Waals surface area contributed by atoms with Crippen molar-refractivity contribution >= 4 is 11.5 Å². The number of amides is 1. The highest BCUT2D eigenvalue weighted by molar-refractivity contribution is 5.84. The van der Waals surface area contributed by atoms with Crippen LogP contribution in [0.25, 0.3) is 5.57 Å². The molecule has 39 heavy (non-hydrogen) atoms. The number of pyridine rings is 1. The van der Waals surface area contributed by atoms with Gasteiger partial charge in [-0.3, -0.25) is 9.78 Å². The van der Waals surface area contributed by atoms with E-state index in [1.165, 1.54) is 46.4 Å². The first-order valence-electron chi connectivity index (χ1n) is 15.2. The van der Waals surface area contributed by atoms with Gasteiger partial charge in [0.15, 0.2) is 0 Å². The van der Waals surface area contributed by atoms with Gasteiger partial charge in [0.05, 0.1) is 5.92 Å². The van der Waals surface area contributed by atoms with Gasteiger partial charge in [0, 0.05) is 36.7 Å². The van der Waals surface area contributed by atoms with Gasteiger partial charge in [0.25, 0.3) is 0 Å². The highest BCUT2D eigenvalue weighted by Crippen LogP contribution is 2.32. The zero-order valence-corrected chi connectivity index (χ0v) is 24.7. The molecule has 0 radical (unpaired) electrons. The third-order valence-electron chi connectivity index (χ3n) is 7.67. The van der Waals surface area contributed by atoms with Gasteiger partial charge < -0.3 is 10.6 Å². The van der Waals surface area contributed by atoms with Crippen LogP contribution in [0.5, 0.6) is 0 Å². The third-order valence-corrected chi connectivity index (χ3v) is 7.67. The van der Waals surface area contributed by atoms with E-state index in [2.05, 4.69) is 78.0 Å². The third kappa shape index (κ3) is 9.23. The highest BCUT2D eigenvalue weighted by atomic mass is 16.1. The summed E-state index contributed by atoms with van der Waals surface area (Å²) in [6, 6.07) is 10.8. The van der Waals surface area contributed by atoms with Crippen LogP contribution in [0.15, 0.2) is 72.2 Å². The molecule has 1 aromatic heterocycles. The van der Waals surface area contributed by atoms with Gasteiger partial charge >= 0.3 is 0 Å². The second-order valence-corrected chi connectivity index (χ2v) is 10.5. The zero-order valence-electron chi connectivity index (χ0n) is 24.7. The number of aryl methyl sites for hydroxylation is 1. The van der Waals surface area contributed by atoms with Crippen LogP contribution < -0.4 is 10.6 Å². The molecule has 210 valence electrons. The summed E-state index contributed by atoms with van der Waals surface area (Å²) in [6.07, 6.45) is 21.6. The lowest BCUT2D eigenvalue weighted by molar-refractivity contribution is -0.122. The molecule has 2 aromatic rings. The fourth-order valence-corrected chi connectivity index (χ4v) is 5.41. The van der Waals surface area contributed by atoms with Gasteiger partial charge in [-0.1, -0.05) is 82.5 Å². The van der Waals surface area contributed by atoms with Crippen molar-refractivity contribution in [3.05, 3.63) is 94.5 Å². The predicted molar refractivity (Wildman–Crippen MR) is 165 cm³/mol. The maximum absolute atomic E-state index is 13.2. The number of aromatic nitrogens is 1. The van der Waals surface area contributed by atoms with Crippen molar-refractivity contribution in [2.24, 2.45) is 0 Å². The van der Waals surface area contributed by atoms with Crippen LogP contribution in [0.4, 0.5) is 0 Å². The molecule has 1 atom stereocenters. The van der Waals surface area contributed by atoms with Crippen molar-refractivity contribution in [2.75, 3.05) is 6.54 Å². The Kier molecular flexibility index (Phi) is 13.1. The molecule has 0 saturated heterocycles. The highest BCUT2D eigenvalue weighted by Gasteiger charge is 2.21. The minimum absolute atomic E-state index is 0.0945. The van der Waals surface area contributed by atoms with Crippen molar-refractivity contribution in [3.8, 4) is 0 Å². The smallest absolute Gasteiger partial charge is 0.227 e. The van der Waals surface area contributed by atoms with Gasteiger partial charge in [-0.05, 0) is 85.8 Å². The molecule has 0 spiro atoms. The SMILES string of the molecule is CC.CCCCCC(C(=O)NCC1=CCCC=C1)c1ccc(CNC2=C(c3cnccc3C)CCCC2)cc1. The number of nitrogens with zero attached hydrogens (tertiary/aromatic N) is 1. The maximum atomic E-state index is 13.2. The molecule has 0 aliphatic heterocycles. The molecular formula is C35H49N3O. The number of rotatable bonds is 12. The maximum Gasteiger partial charge on any atom is 0.227 e. The van der Waals surface area contributed by atoms with Crippen LogP contribution in [0.2, 0.25) is 0 Å². The summed E-state index contributed by atoms with van der Waals surface area (Å²) >= 11 is 0. The van der Waals surface area contributed by atoms with Crippen LogP contribution in [0.1, 0.15) is 113 Å². The summed E-state index contributed by atoms with van der Waals surface area (Å²) in [6.45, 7) is 9.80. The molecule has 1 heterocycles. The van der Waals surface area contributed by atoms with Crippen molar-refractivity contribution in [1.82, 2.24) is 15.6 Å². The Bertz CT molecular complexity index is 1130. The lowest BCUT2D eigenvalue weighted by atomic mass is 9.89. The molecule has 2 aliphatic rings. The first-order valence-corrected chi connectivity index (χ1v) is 15.2. The van der Waals surface area contributed by atoms with E-state index in [9.17, 15) is 4.79 Å². The first kappa shape index (κ1) is 30.4. The molecule has 4 heteroatoms. The Labute approximate surface area is 237 Å². The van der Waals surface area contributed by atoms with E-state index >= 15 is 0 Å². The molecule has 1 amide bonds. The number of nitrogens with one attached hydrogen (secondary N) is 2. The van der Waals surface area contributed by atoms with E-state index in [1.54, 1.807) is 0 Å². The van der Waals surface area contributed by atoms with Crippen LogP contribution in [0.3, 0.4) is 0 Å². The predicted octanol–water partition coefficient (Wildman–Crippen LogP) is 8.55. The minimum Gasteiger partial charge on any atom is -0.384 e. The summed E-state index contributed by atoms with van der Waals surface area (Å²) in [7, 11) is 0. The van der Waals surface area contributed by atoms with Gasteiger partial charge in [-0.15, -0.1) is 0 Å². The van der Waals surface area contributed by atoms with Gasteiger partial charge in [0.2, 0.25) is 5.91 Å². The number of carbonyl (C=O) groups excluding carboxylic acids is 1. The largest absolute Gasteiger partial charge is 0.384 e. The Morgan fingerprint density at radius 2 is 1.79 bits per heavy atom. The lowest BCUT2D eigenvalue weighted by Gasteiger charge is -2.23. The molecule has 0 saturated carbocycles. The van der Waals surface area contributed by atoms with E-state index < -0.39 is 0 Å². The molecule has 4 rings (SSSR count). The monoisotopic (exact) mass is 527 g/mol. The Morgan fingerprint density at radius 1 is 1.00 bits per heavy atom. The average Bonchev–Trinajstić information content (AvgIpc) is 2.99. The summed E-state index contributed by atoms with van der Waals surface area (Å²) in [5.74, 6) is 0.0497. The molecule has 2 N–H and O–H groups in total.